The summed E-state index contributed by atoms with van der Waals surface area (Å²) in [4.78, 5) is 0. The molecule has 0 aromatic carbocycles. The fraction of sp³-hybridized carbons (Fsp3) is 1.00. The van der Waals surface area contributed by atoms with Gasteiger partial charge in [-0.2, -0.15) is 8.42 Å². The van der Waals surface area contributed by atoms with Gasteiger partial charge < -0.3 is 6.53 Å². The molecule has 1 unspecified atom stereocenters. The normalized spacial score (nSPS) is 14.4. The Labute approximate surface area is 71.4 Å². The molecule has 0 saturated heterocycles. The SMILES string of the molecule is CC(O)S(=O)(=O)O.[H-].[Na+]. The van der Waals surface area contributed by atoms with Crippen molar-refractivity contribution in [2.45, 2.75) is 12.4 Å². The second-order valence-corrected chi connectivity index (χ2v) is 2.83. The smallest absolute Gasteiger partial charge is 1.00 e. The summed E-state index contributed by atoms with van der Waals surface area (Å²) in [7, 11) is -4.19. The van der Waals surface area contributed by atoms with Gasteiger partial charge in [-0.25, -0.2) is 0 Å². The standard InChI is InChI=1S/C2H6O4S.Na.H/c1-2(3)7(4,5)6;;/h2-3H,1H3,(H,4,5,6);;/q;+1;-1. The molecule has 0 aliphatic rings. The maximum atomic E-state index is 9.64. The summed E-state index contributed by atoms with van der Waals surface area (Å²) >= 11 is 0. The van der Waals surface area contributed by atoms with Crippen LogP contribution in [0.15, 0.2) is 0 Å². The van der Waals surface area contributed by atoms with E-state index in [1.54, 1.807) is 0 Å². The van der Waals surface area contributed by atoms with Crippen LogP contribution in [0.5, 0.6) is 0 Å². The van der Waals surface area contributed by atoms with E-state index in [1.165, 1.54) is 0 Å². The quantitative estimate of drug-likeness (QED) is 0.298. The second-order valence-electron chi connectivity index (χ2n) is 1.11. The Morgan fingerprint density at radius 1 is 1.62 bits per heavy atom. The summed E-state index contributed by atoms with van der Waals surface area (Å²) in [5.41, 5.74) is -1.67. The van der Waals surface area contributed by atoms with Crippen LogP contribution >= 0.6 is 0 Å². The van der Waals surface area contributed by atoms with Crippen LogP contribution in [0.2, 0.25) is 0 Å². The zero-order valence-electron chi connectivity index (χ0n) is 5.70. The Hall–Kier alpha value is 0.870. The van der Waals surface area contributed by atoms with Crippen LogP contribution in [0.1, 0.15) is 8.35 Å². The molecule has 0 heterocycles. The molecule has 46 valence electrons. The molecule has 8 heavy (non-hydrogen) atoms. The zero-order chi connectivity index (χ0) is 6.08. The van der Waals surface area contributed by atoms with Gasteiger partial charge in [0, 0.05) is 0 Å². The number of aliphatic hydroxyl groups excluding tert-OH is 1. The van der Waals surface area contributed by atoms with Crippen molar-refractivity contribution in [3.05, 3.63) is 0 Å². The molecule has 0 radical (unpaired) electrons. The topological polar surface area (TPSA) is 74.6 Å². The van der Waals surface area contributed by atoms with Crippen LogP contribution in [-0.2, 0) is 10.1 Å². The van der Waals surface area contributed by atoms with E-state index < -0.39 is 15.6 Å². The zero-order valence-corrected chi connectivity index (χ0v) is 7.51. The molecule has 0 bridgehead atoms. The van der Waals surface area contributed by atoms with Gasteiger partial charge in [-0.3, -0.25) is 4.55 Å². The van der Waals surface area contributed by atoms with Crippen molar-refractivity contribution >= 4 is 10.1 Å². The molecule has 0 amide bonds. The minimum Gasteiger partial charge on any atom is -1.00 e. The third-order valence-corrected chi connectivity index (χ3v) is 1.29. The third kappa shape index (κ3) is 5.02. The summed E-state index contributed by atoms with van der Waals surface area (Å²) in [5.74, 6) is 0. The molecule has 1 atom stereocenters. The van der Waals surface area contributed by atoms with Crippen LogP contribution in [0.25, 0.3) is 0 Å². The summed E-state index contributed by atoms with van der Waals surface area (Å²) in [6.45, 7) is 0.968. The van der Waals surface area contributed by atoms with Gasteiger partial charge in [-0.15, -0.1) is 0 Å². The van der Waals surface area contributed by atoms with Gasteiger partial charge in [0.1, 0.15) is 0 Å². The maximum absolute atomic E-state index is 9.64. The van der Waals surface area contributed by atoms with Crippen molar-refractivity contribution in [1.82, 2.24) is 0 Å². The van der Waals surface area contributed by atoms with Crippen molar-refractivity contribution < 1.29 is 49.1 Å². The first-order valence-electron chi connectivity index (χ1n) is 1.59. The minimum atomic E-state index is -4.19. The van der Waals surface area contributed by atoms with Crippen LogP contribution < -0.4 is 29.6 Å². The molecule has 6 heteroatoms. The van der Waals surface area contributed by atoms with E-state index in [2.05, 4.69) is 0 Å². The minimum absolute atomic E-state index is 0. The molecular weight excluding hydrogens is 143 g/mol. The van der Waals surface area contributed by atoms with Crippen molar-refractivity contribution in [1.29, 1.82) is 0 Å². The fourth-order valence-electron chi connectivity index (χ4n) is 0. The van der Waals surface area contributed by atoms with E-state index in [0.717, 1.165) is 6.92 Å². The van der Waals surface area contributed by atoms with Gasteiger partial charge in [-0.05, 0) is 6.92 Å². The molecular formula is C2H7NaO4S. The van der Waals surface area contributed by atoms with E-state index in [0.29, 0.717) is 0 Å². The molecule has 2 N–H and O–H groups in total. The molecule has 4 nitrogen and oxygen atoms in total. The predicted octanol–water partition coefficient (Wildman–Crippen LogP) is -3.67. The van der Waals surface area contributed by atoms with Crippen molar-refractivity contribution in [3.63, 3.8) is 0 Å². The Bertz CT molecular complexity index is 141. The van der Waals surface area contributed by atoms with Crippen LogP contribution in [-0.4, -0.2) is 23.5 Å². The molecule has 0 aromatic rings. The number of hydrogen-bond acceptors (Lipinski definition) is 3. The van der Waals surface area contributed by atoms with E-state index in [-0.39, 0.29) is 31.0 Å². The fourth-order valence-corrected chi connectivity index (χ4v) is 0. The van der Waals surface area contributed by atoms with Gasteiger partial charge in [0.25, 0.3) is 10.1 Å². The van der Waals surface area contributed by atoms with E-state index in [4.69, 9.17) is 9.66 Å². The number of hydrogen-bond donors (Lipinski definition) is 2. The average Bonchev–Trinajstić information content (AvgIpc) is 1.31. The van der Waals surface area contributed by atoms with Crippen molar-refractivity contribution in [2.24, 2.45) is 0 Å². The first kappa shape index (κ1) is 11.6. The summed E-state index contributed by atoms with van der Waals surface area (Å²) in [6, 6.07) is 0. The molecule has 0 aliphatic carbocycles. The Morgan fingerprint density at radius 3 is 1.75 bits per heavy atom. The monoisotopic (exact) mass is 150 g/mol. The molecule has 0 fully saturated rings. The summed E-state index contributed by atoms with van der Waals surface area (Å²) < 4.78 is 27.1. The number of aliphatic hydroxyl groups is 1. The first-order chi connectivity index (χ1) is 2.94. The molecule has 0 spiro atoms. The van der Waals surface area contributed by atoms with Crippen LogP contribution in [0.4, 0.5) is 0 Å². The maximum Gasteiger partial charge on any atom is 1.00 e. The van der Waals surface area contributed by atoms with Gasteiger partial charge in [0.2, 0.25) is 0 Å². The second kappa shape index (κ2) is 3.81. The Morgan fingerprint density at radius 2 is 1.75 bits per heavy atom. The van der Waals surface area contributed by atoms with E-state index in [1.807, 2.05) is 0 Å². The summed E-state index contributed by atoms with van der Waals surface area (Å²) in [5, 5.41) is 8.05. The Balaban J connectivity index is -0.000000180. The van der Waals surface area contributed by atoms with Crippen LogP contribution in [0.3, 0.4) is 0 Å². The summed E-state index contributed by atoms with van der Waals surface area (Å²) in [6.07, 6.45) is 0. The van der Waals surface area contributed by atoms with E-state index in [9.17, 15) is 8.42 Å². The van der Waals surface area contributed by atoms with Gasteiger partial charge >= 0.3 is 29.6 Å². The van der Waals surface area contributed by atoms with Gasteiger partial charge in [0.05, 0.1) is 0 Å². The first-order valence-corrected chi connectivity index (χ1v) is 3.09. The predicted molar refractivity (Wildman–Crippen MR) is 24.3 cm³/mol. The van der Waals surface area contributed by atoms with Gasteiger partial charge in [0.15, 0.2) is 5.44 Å². The third-order valence-electron chi connectivity index (χ3n) is 0.431. The van der Waals surface area contributed by atoms with Crippen LogP contribution in [0, 0.1) is 0 Å². The molecule has 0 saturated carbocycles. The van der Waals surface area contributed by atoms with E-state index >= 15 is 0 Å². The molecule has 0 rings (SSSR count). The molecule has 0 aliphatic heterocycles. The molecule has 0 aromatic heterocycles. The Kier molecular flexibility index (Phi) is 5.55. The van der Waals surface area contributed by atoms with Crippen molar-refractivity contribution in [2.75, 3.05) is 0 Å². The van der Waals surface area contributed by atoms with Crippen molar-refractivity contribution in [3.8, 4) is 0 Å². The largest absolute Gasteiger partial charge is 1.00 e. The number of rotatable bonds is 1. The average molecular weight is 150 g/mol. The van der Waals surface area contributed by atoms with Gasteiger partial charge in [-0.1, -0.05) is 0 Å².